The normalized spacial score (nSPS) is 15.7. The van der Waals surface area contributed by atoms with E-state index in [1.807, 2.05) is 6.92 Å². The second-order valence-corrected chi connectivity index (χ2v) is 6.38. The van der Waals surface area contributed by atoms with Gasteiger partial charge in [0.25, 0.3) is 5.91 Å². The SMILES string of the molecule is CCOCCC1(CNC(=O)c2cc(C)cc(C(=O)O)c2)CCC1. The molecule has 1 aliphatic rings. The number of ether oxygens (including phenoxy) is 1. The maximum absolute atomic E-state index is 12.4. The first-order valence-corrected chi connectivity index (χ1v) is 8.17. The lowest BCUT2D eigenvalue weighted by Crippen LogP contribution is -2.43. The molecule has 1 aromatic carbocycles. The van der Waals surface area contributed by atoms with Crippen LogP contribution in [0, 0.1) is 12.3 Å². The van der Waals surface area contributed by atoms with Crippen molar-refractivity contribution in [3.8, 4) is 0 Å². The Morgan fingerprint density at radius 3 is 2.52 bits per heavy atom. The summed E-state index contributed by atoms with van der Waals surface area (Å²) in [5, 5.41) is 12.1. The number of aromatic carboxylic acids is 1. The molecule has 126 valence electrons. The molecule has 0 aliphatic heterocycles. The first-order valence-electron chi connectivity index (χ1n) is 8.17. The fraction of sp³-hybridized carbons (Fsp3) is 0.556. The van der Waals surface area contributed by atoms with E-state index in [4.69, 9.17) is 9.84 Å². The van der Waals surface area contributed by atoms with Crippen molar-refractivity contribution in [2.24, 2.45) is 5.41 Å². The maximum Gasteiger partial charge on any atom is 0.335 e. The summed E-state index contributed by atoms with van der Waals surface area (Å²) in [5.41, 5.74) is 1.46. The van der Waals surface area contributed by atoms with E-state index >= 15 is 0 Å². The third-order valence-corrected chi connectivity index (χ3v) is 4.61. The predicted octanol–water partition coefficient (Wildman–Crippen LogP) is 3.02. The number of rotatable bonds is 8. The van der Waals surface area contributed by atoms with Crippen LogP contribution in [0.1, 0.15) is 58.9 Å². The minimum absolute atomic E-state index is 0.143. The molecule has 0 aromatic heterocycles. The second-order valence-electron chi connectivity index (χ2n) is 6.38. The first kappa shape index (κ1) is 17.5. The first-order chi connectivity index (χ1) is 11.0. The molecule has 0 heterocycles. The standard InChI is InChI=1S/C18H25NO4/c1-3-23-8-7-18(5-4-6-18)12-19-16(20)14-9-13(2)10-15(11-14)17(21)22/h9-11H,3-8,12H2,1-2H3,(H,19,20)(H,21,22). The molecule has 1 saturated carbocycles. The van der Waals surface area contributed by atoms with Crippen molar-refractivity contribution in [2.75, 3.05) is 19.8 Å². The van der Waals surface area contributed by atoms with Crippen LogP contribution in [-0.4, -0.2) is 36.7 Å². The van der Waals surface area contributed by atoms with Crippen LogP contribution < -0.4 is 5.32 Å². The van der Waals surface area contributed by atoms with Crippen LogP contribution in [0.4, 0.5) is 0 Å². The summed E-state index contributed by atoms with van der Waals surface area (Å²) >= 11 is 0. The average molecular weight is 319 g/mol. The molecular weight excluding hydrogens is 294 g/mol. The Balaban J connectivity index is 1.97. The Morgan fingerprint density at radius 2 is 1.96 bits per heavy atom. The Hall–Kier alpha value is -1.88. The van der Waals surface area contributed by atoms with E-state index in [1.165, 1.54) is 12.5 Å². The number of nitrogens with one attached hydrogen (secondary N) is 1. The second kappa shape index (κ2) is 7.59. The van der Waals surface area contributed by atoms with Crippen molar-refractivity contribution in [2.45, 2.75) is 39.5 Å². The Morgan fingerprint density at radius 1 is 1.26 bits per heavy atom. The van der Waals surface area contributed by atoms with Gasteiger partial charge in [-0.2, -0.15) is 0 Å². The number of carbonyl (C=O) groups is 2. The molecule has 1 aromatic rings. The lowest BCUT2D eigenvalue weighted by atomic mass is 9.66. The fourth-order valence-electron chi connectivity index (χ4n) is 3.03. The van der Waals surface area contributed by atoms with Gasteiger partial charge >= 0.3 is 5.97 Å². The number of carboxylic acid groups (broad SMARTS) is 1. The topological polar surface area (TPSA) is 75.6 Å². The molecule has 23 heavy (non-hydrogen) atoms. The highest BCUT2D eigenvalue weighted by molar-refractivity contribution is 5.97. The molecule has 0 unspecified atom stereocenters. The summed E-state index contributed by atoms with van der Waals surface area (Å²) in [5.74, 6) is -1.23. The van der Waals surface area contributed by atoms with Crippen molar-refractivity contribution < 1.29 is 19.4 Å². The summed E-state index contributed by atoms with van der Waals surface area (Å²) < 4.78 is 5.44. The highest BCUT2D eigenvalue weighted by Crippen LogP contribution is 2.43. The number of aryl methyl sites for hydroxylation is 1. The molecule has 0 atom stereocenters. The third-order valence-electron chi connectivity index (χ3n) is 4.61. The number of carbonyl (C=O) groups excluding carboxylic acids is 1. The van der Waals surface area contributed by atoms with Crippen molar-refractivity contribution in [1.29, 1.82) is 0 Å². The molecular formula is C18H25NO4. The predicted molar refractivity (Wildman–Crippen MR) is 87.9 cm³/mol. The quantitative estimate of drug-likeness (QED) is 0.722. The Bertz CT molecular complexity index is 578. The smallest absolute Gasteiger partial charge is 0.335 e. The van der Waals surface area contributed by atoms with E-state index in [0.717, 1.165) is 31.4 Å². The minimum atomic E-state index is -1.02. The van der Waals surface area contributed by atoms with Gasteiger partial charge in [-0.05, 0) is 62.3 Å². The van der Waals surface area contributed by atoms with E-state index in [9.17, 15) is 9.59 Å². The zero-order chi connectivity index (χ0) is 16.9. The summed E-state index contributed by atoms with van der Waals surface area (Å²) in [4.78, 5) is 23.5. The highest BCUT2D eigenvalue weighted by Gasteiger charge is 2.36. The van der Waals surface area contributed by atoms with Gasteiger partial charge < -0.3 is 15.2 Å². The zero-order valence-electron chi connectivity index (χ0n) is 13.9. The van der Waals surface area contributed by atoms with Gasteiger partial charge in [0, 0.05) is 25.3 Å². The van der Waals surface area contributed by atoms with Crippen molar-refractivity contribution in [3.05, 3.63) is 34.9 Å². The summed E-state index contributed by atoms with van der Waals surface area (Å²) in [6.45, 7) is 5.82. The summed E-state index contributed by atoms with van der Waals surface area (Å²) in [6, 6.07) is 4.71. The molecule has 1 aliphatic carbocycles. The van der Waals surface area contributed by atoms with Gasteiger partial charge in [-0.25, -0.2) is 4.79 Å². The van der Waals surface area contributed by atoms with E-state index in [-0.39, 0.29) is 16.9 Å². The number of carboxylic acids is 1. The fourth-order valence-corrected chi connectivity index (χ4v) is 3.03. The highest BCUT2D eigenvalue weighted by atomic mass is 16.5. The van der Waals surface area contributed by atoms with Crippen molar-refractivity contribution in [1.82, 2.24) is 5.32 Å². The molecule has 0 bridgehead atoms. The number of amides is 1. The van der Waals surface area contributed by atoms with Gasteiger partial charge in [0.2, 0.25) is 0 Å². The Labute approximate surface area is 137 Å². The van der Waals surface area contributed by atoms with Crippen LogP contribution in [0.5, 0.6) is 0 Å². The van der Waals surface area contributed by atoms with Gasteiger partial charge in [0.1, 0.15) is 0 Å². The molecule has 1 amide bonds. The Kier molecular flexibility index (Phi) is 5.77. The molecule has 2 rings (SSSR count). The van der Waals surface area contributed by atoms with E-state index < -0.39 is 5.97 Å². The summed E-state index contributed by atoms with van der Waals surface area (Å²) in [7, 11) is 0. The van der Waals surface area contributed by atoms with Crippen LogP contribution in [0.25, 0.3) is 0 Å². The molecule has 5 nitrogen and oxygen atoms in total. The third kappa shape index (κ3) is 4.55. The number of benzene rings is 1. The van der Waals surface area contributed by atoms with Gasteiger partial charge in [0.15, 0.2) is 0 Å². The molecule has 0 radical (unpaired) electrons. The van der Waals surface area contributed by atoms with E-state index in [0.29, 0.717) is 18.7 Å². The lowest BCUT2D eigenvalue weighted by molar-refractivity contribution is 0.0513. The van der Waals surface area contributed by atoms with Crippen molar-refractivity contribution >= 4 is 11.9 Å². The molecule has 5 heteroatoms. The minimum Gasteiger partial charge on any atom is -0.478 e. The average Bonchev–Trinajstić information content (AvgIpc) is 2.48. The van der Waals surface area contributed by atoms with E-state index in [2.05, 4.69) is 5.32 Å². The van der Waals surface area contributed by atoms with Crippen LogP contribution in [0.2, 0.25) is 0 Å². The van der Waals surface area contributed by atoms with Crippen molar-refractivity contribution in [3.63, 3.8) is 0 Å². The largest absolute Gasteiger partial charge is 0.478 e. The number of hydrogen-bond donors (Lipinski definition) is 2. The summed E-state index contributed by atoms with van der Waals surface area (Å²) in [6.07, 6.45) is 4.36. The maximum atomic E-state index is 12.4. The molecule has 2 N–H and O–H groups in total. The van der Waals surface area contributed by atoms with Gasteiger partial charge in [-0.3, -0.25) is 4.79 Å². The molecule has 0 saturated heterocycles. The van der Waals surface area contributed by atoms with Gasteiger partial charge in [0.05, 0.1) is 5.56 Å². The monoisotopic (exact) mass is 319 g/mol. The number of hydrogen-bond acceptors (Lipinski definition) is 3. The van der Waals surface area contributed by atoms with Crippen LogP contribution in [-0.2, 0) is 4.74 Å². The van der Waals surface area contributed by atoms with Crippen LogP contribution in [0.15, 0.2) is 18.2 Å². The van der Waals surface area contributed by atoms with Gasteiger partial charge in [-0.15, -0.1) is 0 Å². The molecule has 1 fully saturated rings. The molecule has 0 spiro atoms. The van der Waals surface area contributed by atoms with Crippen LogP contribution in [0.3, 0.4) is 0 Å². The van der Waals surface area contributed by atoms with E-state index in [1.54, 1.807) is 19.1 Å². The van der Waals surface area contributed by atoms with Gasteiger partial charge in [-0.1, -0.05) is 6.42 Å². The lowest BCUT2D eigenvalue weighted by Gasteiger charge is -2.42. The zero-order valence-corrected chi connectivity index (χ0v) is 13.9. The van der Waals surface area contributed by atoms with Crippen LogP contribution >= 0.6 is 0 Å².